The van der Waals surface area contributed by atoms with Gasteiger partial charge in [0, 0.05) is 19.0 Å². The van der Waals surface area contributed by atoms with Crippen molar-refractivity contribution in [2.45, 2.75) is 32.2 Å². The Balaban J connectivity index is 2.53. The van der Waals surface area contributed by atoms with Crippen LogP contribution in [0.15, 0.2) is 34.5 Å². The van der Waals surface area contributed by atoms with Crippen LogP contribution in [0.1, 0.15) is 37.8 Å². The number of hydrogen-bond acceptors (Lipinski definition) is 5. The molecule has 1 unspecified atom stereocenters. The first kappa shape index (κ1) is 22.5. The fourth-order valence-electron chi connectivity index (χ4n) is 3.28. The van der Waals surface area contributed by atoms with Gasteiger partial charge >= 0.3 is 5.97 Å². The zero-order valence-corrected chi connectivity index (χ0v) is 17.9. The Labute approximate surface area is 172 Å². The molecule has 0 saturated heterocycles. The van der Waals surface area contributed by atoms with Gasteiger partial charge < -0.3 is 14.4 Å². The molecule has 1 aliphatic heterocycles. The summed E-state index contributed by atoms with van der Waals surface area (Å²) < 4.78 is 37.7. The van der Waals surface area contributed by atoms with Gasteiger partial charge in [0.05, 0.1) is 31.0 Å². The number of hydrogen-bond donors (Lipinski definition) is 0. The van der Waals surface area contributed by atoms with Gasteiger partial charge in [-0.05, 0) is 37.5 Å². The lowest BCUT2D eigenvalue weighted by Crippen LogP contribution is -2.40. The normalized spacial score (nSPS) is 17.0. The van der Waals surface area contributed by atoms with Gasteiger partial charge in [-0.3, -0.25) is 0 Å². The predicted octanol–water partition coefficient (Wildman–Crippen LogP) is 4.38. The van der Waals surface area contributed by atoms with Crippen molar-refractivity contribution in [3.05, 3.63) is 46.7 Å². The Morgan fingerprint density at radius 1 is 1.21 bits per heavy atom. The number of aliphatic imine (C=N–C) groups is 1. The topological polar surface area (TPSA) is 51.1 Å². The number of unbranched alkanes of at least 4 members (excludes halogenated alkanes) is 2. The van der Waals surface area contributed by atoms with E-state index in [9.17, 15) is 13.6 Å². The molecule has 0 aromatic heterocycles. The lowest BCUT2D eigenvalue weighted by molar-refractivity contribution is -0.137. The van der Waals surface area contributed by atoms with E-state index in [1.54, 1.807) is 0 Å². The molecule has 0 bridgehead atoms. The molecule has 154 valence electrons. The van der Waals surface area contributed by atoms with E-state index in [4.69, 9.17) is 9.47 Å². The van der Waals surface area contributed by atoms with E-state index in [0.717, 1.165) is 36.7 Å². The van der Waals surface area contributed by atoms with Gasteiger partial charge in [0.15, 0.2) is 11.6 Å². The molecule has 0 N–H and O–H groups in total. The number of esters is 1. The quantitative estimate of drug-likeness (QED) is 0.313. The van der Waals surface area contributed by atoms with Crippen molar-refractivity contribution in [3.63, 3.8) is 0 Å². The maximum Gasteiger partial charge on any atom is 0.338 e. The smallest absolute Gasteiger partial charge is 0.338 e. The van der Waals surface area contributed by atoms with Gasteiger partial charge in [0.2, 0.25) is 0 Å². The minimum atomic E-state index is -0.964. The molecule has 0 saturated carbocycles. The fourth-order valence-corrected chi connectivity index (χ4v) is 3.68. The van der Waals surface area contributed by atoms with E-state index in [1.165, 1.54) is 20.3 Å². The minimum absolute atomic E-state index is 0.110. The molecule has 8 heteroatoms. The Hall–Kier alpha value is -1.80. The lowest BCUT2D eigenvalue weighted by Gasteiger charge is -2.38. The van der Waals surface area contributed by atoms with Crippen LogP contribution in [0.4, 0.5) is 8.78 Å². The van der Waals surface area contributed by atoms with Crippen LogP contribution < -0.4 is 0 Å². The molecule has 0 spiro atoms. The van der Waals surface area contributed by atoms with Crippen molar-refractivity contribution in [2.75, 3.05) is 32.7 Å². The summed E-state index contributed by atoms with van der Waals surface area (Å²) in [6.07, 6.45) is 2.88. The van der Waals surface area contributed by atoms with E-state index >= 15 is 0 Å². The van der Waals surface area contributed by atoms with Gasteiger partial charge in [-0.25, -0.2) is 18.6 Å². The molecule has 2 rings (SSSR count). The average molecular weight is 459 g/mol. The first-order valence-electron chi connectivity index (χ1n) is 9.07. The van der Waals surface area contributed by atoms with E-state index in [2.05, 4.69) is 20.9 Å². The number of benzene rings is 1. The molecule has 5 nitrogen and oxygen atoms in total. The summed E-state index contributed by atoms with van der Waals surface area (Å²) in [6, 6.07) is 3.05. The van der Waals surface area contributed by atoms with Crippen LogP contribution in [0.3, 0.4) is 0 Å². The largest absolute Gasteiger partial charge is 0.466 e. The maximum atomic E-state index is 14.0. The Kier molecular flexibility index (Phi) is 8.57. The maximum absolute atomic E-state index is 14.0. The molecule has 1 aromatic rings. The summed E-state index contributed by atoms with van der Waals surface area (Å²) in [5.41, 5.74) is 1.17. The van der Waals surface area contributed by atoms with E-state index in [-0.39, 0.29) is 12.2 Å². The third-order valence-electron chi connectivity index (χ3n) is 4.59. The molecule has 0 aliphatic carbocycles. The van der Waals surface area contributed by atoms with E-state index in [0.29, 0.717) is 23.6 Å². The third kappa shape index (κ3) is 5.17. The van der Waals surface area contributed by atoms with E-state index < -0.39 is 23.6 Å². The standard InChI is InChI=1S/C20H25BrF2N2O3/c1-13-24-17(12-27-2)18(20(26)28-3)19(25(13)10-6-4-5-9-21)14-7-8-15(22)16(23)11-14/h7-8,11,19H,4-6,9-10,12H2,1-3H3. The minimum Gasteiger partial charge on any atom is -0.466 e. The highest BCUT2D eigenvalue weighted by Crippen LogP contribution is 2.36. The molecular weight excluding hydrogens is 434 g/mol. The number of rotatable bonds is 9. The van der Waals surface area contributed by atoms with Crippen molar-refractivity contribution in [2.24, 2.45) is 4.99 Å². The molecule has 0 amide bonds. The molecule has 1 atom stereocenters. The van der Waals surface area contributed by atoms with Crippen LogP contribution in [-0.4, -0.2) is 49.4 Å². The first-order valence-corrected chi connectivity index (χ1v) is 10.2. The van der Waals surface area contributed by atoms with Crippen molar-refractivity contribution >= 4 is 27.7 Å². The summed E-state index contributed by atoms with van der Waals surface area (Å²) in [6.45, 7) is 2.56. The second-order valence-electron chi connectivity index (χ2n) is 6.46. The highest BCUT2D eigenvalue weighted by atomic mass is 79.9. The summed E-state index contributed by atoms with van der Waals surface area (Å²) in [5, 5.41) is 0.915. The van der Waals surface area contributed by atoms with Crippen LogP contribution in [0, 0.1) is 11.6 Å². The Morgan fingerprint density at radius 3 is 2.57 bits per heavy atom. The van der Waals surface area contributed by atoms with Gasteiger partial charge in [-0.1, -0.05) is 28.4 Å². The van der Waals surface area contributed by atoms with Crippen LogP contribution in [0.5, 0.6) is 0 Å². The first-order chi connectivity index (χ1) is 13.4. The summed E-state index contributed by atoms with van der Waals surface area (Å²) in [7, 11) is 2.79. The Bertz CT molecular complexity index is 768. The van der Waals surface area contributed by atoms with Crippen LogP contribution >= 0.6 is 15.9 Å². The predicted molar refractivity (Wildman–Crippen MR) is 107 cm³/mol. The number of carbonyl (C=O) groups excluding carboxylic acids is 1. The number of methoxy groups -OCH3 is 2. The van der Waals surface area contributed by atoms with Gasteiger partial charge in [-0.2, -0.15) is 0 Å². The second-order valence-corrected chi connectivity index (χ2v) is 7.26. The number of amidine groups is 1. The molecular formula is C20H25BrF2N2O3. The Morgan fingerprint density at radius 2 is 1.96 bits per heavy atom. The molecule has 28 heavy (non-hydrogen) atoms. The van der Waals surface area contributed by atoms with Crippen molar-refractivity contribution in [1.29, 1.82) is 0 Å². The van der Waals surface area contributed by atoms with Crippen LogP contribution in [0.25, 0.3) is 0 Å². The summed E-state index contributed by atoms with van der Waals surface area (Å²) >= 11 is 3.42. The number of carbonyl (C=O) groups is 1. The van der Waals surface area contributed by atoms with Crippen LogP contribution in [0.2, 0.25) is 0 Å². The summed E-state index contributed by atoms with van der Waals surface area (Å²) in [4.78, 5) is 19.1. The van der Waals surface area contributed by atoms with Crippen molar-refractivity contribution in [3.8, 4) is 0 Å². The third-order valence-corrected chi connectivity index (χ3v) is 5.15. The zero-order valence-electron chi connectivity index (χ0n) is 16.3. The van der Waals surface area contributed by atoms with Gasteiger partial charge in [-0.15, -0.1) is 0 Å². The zero-order chi connectivity index (χ0) is 20.7. The van der Waals surface area contributed by atoms with E-state index in [1.807, 2.05) is 11.8 Å². The number of halogens is 3. The second kappa shape index (κ2) is 10.7. The lowest BCUT2D eigenvalue weighted by atomic mass is 9.93. The summed E-state index contributed by atoms with van der Waals surface area (Å²) in [5.74, 6) is -1.78. The number of ether oxygens (including phenoxy) is 2. The fraction of sp³-hybridized carbons (Fsp3) is 0.500. The SMILES string of the molecule is COCC1=C(C(=O)OC)C(c2ccc(F)c(F)c2)N(CCCCCBr)C(C)=N1. The highest BCUT2D eigenvalue weighted by molar-refractivity contribution is 9.09. The molecule has 1 heterocycles. The number of alkyl halides is 1. The van der Waals surface area contributed by atoms with Crippen LogP contribution in [-0.2, 0) is 14.3 Å². The van der Waals surface area contributed by atoms with Crippen molar-refractivity contribution in [1.82, 2.24) is 4.90 Å². The highest BCUT2D eigenvalue weighted by Gasteiger charge is 2.36. The number of nitrogens with zero attached hydrogens (tertiary/aromatic N) is 2. The molecule has 0 fully saturated rings. The van der Waals surface area contributed by atoms with Gasteiger partial charge in [0.1, 0.15) is 5.84 Å². The molecule has 0 radical (unpaired) electrons. The molecule has 1 aromatic carbocycles. The van der Waals surface area contributed by atoms with Crippen molar-refractivity contribution < 1.29 is 23.0 Å². The molecule has 1 aliphatic rings. The monoisotopic (exact) mass is 458 g/mol. The average Bonchev–Trinajstić information content (AvgIpc) is 2.68. The van der Waals surface area contributed by atoms with Gasteiger partial charge in [0.25, 0.3) is 0 Å².